The van der Waals surface area contributed by atoms with Crippen LogP contribution in [0, 0.1) is 6.92 Å². The lowest BCUT2D eigenvalue weighted by molar-refractivity contribution is -0.138. The van der Waals surface area contributed by atoms with Crippen molar-refractivity contribution in [2.45, 2.75) is 58.8 Å². The molecule has 0 bridgehead atoms. The van der Waals surface area contributed by atoms with E-state index < -0.39 is 0 Å². The number of methoxy groups -OCH3 is 1. The van der Waals surface area contributed by atoms with Gasteiger partial charge >= 0.3 is 5.97 Å². The SMILES string of the molecule is CCOC(=O)C1=C(C)NC2=C(C1)C(=O)C[C@H](c1ccccc1OC)C2.CN1CCCC1.Cc1cccc(O)c1. The molecule has 0 radical (unpaired) electrons. The van der Waals surface area contributed by atoms with Gasteiger partial charge in [-0.15, -0.1) is 0 Å². The Morgan fingerprint density at radius 3 is 2.36 bits per heavy atom. The number of para-hydroxylation sites is 1. The van der Waals surface area contributed by atoms with E-state index in [1.807, 2.05) is 50.2 Å². The van der Waals surface area contributed by atoms with Crippen LogP contribution in [0.3, 0.4) is 0 Å². The Bertz CT molecular complexity index is 1190. The molecule has 0 unspecified atom stereocenters. The van der Waals surface area contributed by atoms with Crippen LogP contribution in [0.4, 0.5) is 0 Å². The van der Waals surface area contributed by atoms with Gasteiger partial charge in [-0.3, -0.25) is 4.79 Å². The van der Waals surface area contributed by atoms with E-state index in [9.17, 15) is 9.59 Å². The maximum absolute atomic E-state index is 12.7. The first-order valence-corrected chi connectivity index (χ1v) is 13.7. The summed E-state index contributed by atoms with van der Waals surface area (Å²) in [6.45, 7) is 8.54. The van der Waals surface area contributed by atoms with Crippen molar-refractivity contribution in [3.8, 4) is 11.5 Å². The van der Waals surface area contributed by atoms with Gasteiger partial charge in [-0.1, -0.05) is 30.3 Å². The number of allylic oxidation sites excluding steroid dienone is 3. The molecule has 2 N–H and O–H groups in total. The number of carbonyl (C=O) groups is 2. The molecule has 1 fully saturated rings. The van der Waals surface area contributed by atoms with Crippen molar-refractivity contribution in [3.05, 3.63) is 82.2 Å². The number of nitrogens with zero attached hydrogens (tertiary/aromatic N) is 1. The molecule has 2 heterocycles. The molecule has 0 aromatic heterocycles. The number of ether oxygens (including phenoxy) is 2. The third-order valence-electron chi connectivity index (χ3n) is 7.16. The van der Waals surface area contributed by atoms with Crippen molar-refractivity contribution in [1.82, 2.24) is 10.2 Å². The van der Waals surface area contributed by atoms with Crippen LogP contribution in [0.1, 0.15) is 63.0 Å². The summed E-state index contributed by atoms with van der Waals surface area (Å²) in [4.78, 5) is 27.2. The van der Waals surface area contributed by atoms with Gasteiger partial charge in [0.2, 0.25) is 0 Å². The molecule has 3 aliphatic rings. The molecule has 2 aliphatic heterocycles. The Hall–Kier alpha value is -3.58. The van der Waals surface area contributed by atoms with Crippen molar-refractivity contribution in [3.63, 3.8) is 0 Å². The standard InChI is InChI=1S/C20H23NO4.C7H8O.C5H11N/c1-4-25-20(23)15-11-16-17(21-12(15)2)9-13(10-18(16)22)14-7-5-6-8-19(14)24-3;1-6-3-2-4-7(8)5-6;1-6-4-2-3-5-6/h5-8,13,21H,4,9-11H2,1-3H3;2-5,8H,1H3;2-5H2,1H3/t13-;;/m1../s1. The van der Waals surface area contributed by atoms with Gasteiger partial charge in [0.1, 0.15) is 11.5 Å². The van der Waals surface area contributed by atoms with Crippen molar-refractivity contribution >= 4 is 11.8 Å². The maximum atomic E-state index is 12.7. The number of Topliss-reactive ketones (excluding diaryl/α,β-unsaturated/α-hetero) is 1. The summed E-state index contributed by atoms with van der Waals surface area (Å²) in [5.74, 6) is 0.953. The van der Waals surface area contributed by atoms with Crippen LogP contribution < -0.4 is 10.1 Å². The minimum absolute atomic E-state index is 0.0758. The third kappa shape index (κ3) is 8.45. The molecule has 1 aliphatic carbocycles. The Morgan fingerprint density at radius 2 is 1.79 bits per heavy atom. The number of nitrogens with one attached hydrogen (secondary N) is 1. The highest BCUT2D eigenvalue weighted by atomic mass is 16.5. The van der Waals surface area contributed by atoms with E-state index in [0.717, 1.165) is 34.7 Å². The third-order valence-corrected chi connectivity index (χ3v) is 7.16. The molecule has 0 amide bonds. The Morgan fingerprint density at radius 1 is 1.08 bits per heavy atom. The smallest absolute Gasteiger partial charge is 0.336 e. The number of aryl methyl sites for hydroxylation is 1. The molecule has 2 aromatic rings. The van der Waals surface area contributed by atoms with Crippen LogP contribution in [-0.4, -0.2) is 55.6 Å². The zero-order valence-corrected chi connectivity index (χ0v) is 23.9. The normalized spacial score (nSPS) is 18.7. The van der Waals surface area contributed by atoms with Crippen LogP contribution in [0.2, 0.25) is 0 Å². The summed E-state index contributed by atoms with van der Waals surface area (Å²) in [5.41, 5.74) is 5.07. The fraction of sp³-hybridized carbons (Fsp3) is 0.438. The summed E-state index contributed by atoms with van der Waals surface area (Å²) in [6.07, 6.45) is 4.34. The van der Waals surface area contributed by atoms with E-state index in [0.29, 0.717) is 36.3 Å². The Kier molecular flexibility index (Phi) is 11.2. The predicted molar refractivity (Wildman–Crippen MR) is 154 cm³/mol. The second-order valence-corrected chi connectivity index (χ2v) is 10.2. The quantitative estimate of drug-likeness (QED) is 0.491. The second-order valence-electron chi connectivity index (χ2n) is 10.2. The fourth-order valence-corrected chi connectivity index (χ4v) is 5.07. The van der Waals surface area contributed by atoms with Gasteiger partial charge in [-0.05, 0) is 89.5 Å². The first kappa shape index (κ1) is 30.0. The molecular formula is C32H42N2O5. The number of aromatic hydroxyl groups is 1. The van der Waals surface area contributed by atoms with Crippen molar-refractivity contribution in [2.75, 3.05) is 33.9 Å². The largest absolute Gasteiger partial charge is 0.508 e. The minimum Gasteiger partial charge on any atom is -0.508 e. The number of hydrogen-bond acceptors (Lipinski definition) is 7. The summed E-state index contributed by atoms with van der Waals surface area (Å²) in [5, 5.41) is 12.1. The summed E-state index contributed by atoms with van der Waals surface area (Å²) in [6, 6.07) is 15.0. The first-order chi connectivity index (χ1) is 18.7. The molecule has 7 nitrogen and oxygen atoms in total. The molecule has 5 rings (SSSR count). The topological polar surface area (TPSA) is 88.1 Å². The van der Waals surface area contributed by atoms with Gasteiger partial charge in [0.15, 0.2) is 5.78 Å². The van der Waals surface area contributed by atoms with Gasteiger partial charge < -0.3 is 24.8 Å². The monoisotopic (exact) mass is 534 g/mol. The number of ketones is 1. The summed E-state index contributed by atoms with van der Waals surface area (Å²) >= 11 is 0. The lowest BCUT2D eigenvalue weighted by Gasteiger charge is -2.32. The van der Waals surface area contributed by atoms with E-state index in [-0.39, 0.29) is 17.7 Å². The summed E-state index contributed by atoms with van der Waals surface area (Å²) in [7, 11) is 3.82. The molecule has 39 heavy (non-hydrogen) atoms. The molecule has 2 aromatic carbocycles. The number of phenolic OH excluding ortho intramolecular Hbond substituents is 1. The zero-order valence-electron chi connectivity index (χ0n) is 23.9. The van der Waals surface area contributed by atoms with Crippen molar-refractivity contribution in [1.29, 1.82) is 0 Å². The lowest BCUT2D eigenvalue weighted by Crippen LogP contribution is -2.31. The number of dihydropyridines is 1. The zero-order chi connectivity index (χ0) is 28.4. The summed E-state index contributed by atoms with van der Waals surface area (Å²) < 4.78 is 10.5. The van der Waals surface area contributed by atoms with Crippen LogP contribution in [0.25, 0.3) is 0 Å². The Balaban J connectivity index is 0.000000243. The number of hydrogen-bond donors (Lipinski definition) is 2. The van der Waals surface area contributed by atoms with Gasteiger partial charge in [-0.25, -0.2) is 4.79 Å². The molecular weight excluding hydrogens is 492 g/mol. The number of carbonyl (C=O) groups excluding carboxylic acids is 2. The maximum Gasteiger partial charge on any atom is 0.336 e. The van der Waals surface area contributed by atoms with Crippen LogP contribution in [-0.2, 0) is 14.3 Å². The lowest BCUT2D eigenvalue weighted by atomic mass is 9.78. The average Bonchev–Trinajstić information content (AvgIpc) is 3.39. The molecule has 1 atom stereocenters. The number of esters is 1. The number of rotatable bonds is 4. The van der Waals surface area contributed by atoms with E-state index in [1.54, 1.807) is 26.2 Å². The van der Waals surface area contributed by atoms with Crippen LogP contribution in [0.15, 0.2) is 71.1 Å². The Labute approximate surface area is 232 Å². The van der Waals surface area contributed by atoms with E-state index in [1.165, 1.54) is 25.9 Å². The molecule has 0 saturated carbocycles. The van der Waals surface area contributed by atoms with E-state index in [2.05, 4.69) is 17.3 Å². The van der Waals surface area contributed by atoms with E-state index >= 15 is 0 Å². The minimum atomic E-state index is -0.348. The predicted octanol–water partition coefficient (Wildman–Crippen LogP) is 5.64. The number of phenols is 1. The highest BCUT2D eigenvalue weighted by Gasteiger charge is 2.34. The van der Waals surface area contributed by atoms with Crippen LogP contribution in [0.5, 0.6) is 11.5 Å². The number of benzene rings is 2. The van der Waals surface area contributed by atoms with Gasteiger partial charge in [-0.2, -0.15) is 0 Å². The molecule has 1 saturated heterocycles. The van der Waals surface area contributed by atoms with Gasteiger partial charge in [0.25, 0.3) is 0 Å². The highest BCUT2D eigenvalue weighted by Crippen LogP contribution is 2.41. The molecule has 0 spiro atoms. The number of likely N-dealkylation sites (tertiary alicyclic amines) is 1. The van der Waals surface area contributed by atoms with Gasteiger partial charge in [0, 0.05) is 35.7 Å². The van der Waals surface area contributed by atoms with Gasteiger partial charge in [0.05, 0.1) is 19.3 Å². The molecule has 210 valence electrons. The molecule has 7 heteroatoms. The fourth-order valence-electron chi connectivity index (χ4n) is 5.07. The second kappa shape index (κ2) is 14.5. The van der Waals surface area contributed by atoms with Crippen molar-refractivity contribution < 1.29 is 24.2 Å². The van der Waals surface area contributed by atoms with Crippen molar-refractivity contribution in [2.24, 2.45) is 0 Å². The van der Waals surface area contributed by atoms with Crippen LogP contribution >= 0.6 is 0 Å². The first-order valence-electron chi connectivity index (χ1n) is 13.7. The highest BCUT2D eigenvalue weighted by molar-refractivity contribution is 6.01. The van der Waals surface area contributed by atoms with E-state index in [4.69, 9.17) is 14.6 Å². The average molecular weight is 535 g/mol.